The van der Waals surface area contributed by atoms with Crippen LogP contribution in [0.15, 0.2) is 0 Å². The molecule has 1 aliphatic rings. The molecule has 0 saturated carbocycles. The van der Waals surface area contributed by atoms with Crippen LogP contribution in [-0.2, 0) is 19.1 Å². The Bertz CT molecular complexity index is 415. The topological polar surface area (TPSA) is 75.7 Å². The minimum atomic E-state index is -0.567. The predicted molar refractivity (Wildman–Crippen MR) is 83.1 cm³/mol. The van der Waals surface area contributed by atoms with E-state index in [1.807, 2.05) is 6.92 Å². The second-order valence-electron chi connectivity index (χ2n) is 6.66. The standard InChI is InChI=1S/C16H28N2O4/c1-5-6-9-13(19)17-11-14(20)18-10-7-8-12(18)15(21)22-16(2,3)4/h12H,5-11H2,1-4H3,(H,17,19). The molecule has 126 valence electrons. The fraction of sp³-hybridized carbons (Fsp3) is 0.812. The first-order valence-corrected chi connectivity index (χ1v) is 8.03. The number of nitrogens with one attached hydrogen (secondary N) is 1. The minimum Gasteiger partial charge on any atom is -0.458 e. The van der Waals surface area contributed by atoms with Crippen molar-refractivity contribution < 1.29 is 19.1 Å². The number of carbonyl (C=O) groups is 3. The van der Waals surface area contributed by atoms with Crippen molar-refractivity contribution in [3.8, 4) is 0 Å². The van der Waals surface area contributed by atoms with E-state index in [0.29, 0.717) is 19.4 Å². The van der Waals surface area contributed by atoms with E-state index >= 15 is 0 Å². The Labute approximate surface area is 132 Å². The van der Waals surface area contributed by atoms with Crippen LogP contribution in [0.5, 0.6) is 0 Å². The lowest BCUT2D eigenvalue weighted by Crippen LogP contribution is -2.47. The van der Waals surface area contributed by atoms with Crippen LogP contribution in [0.1, 0.15) is 59.8 Å². The molecule has 2 amide bonds. The number of unbranched alkanes of at least 4 members (excludes halogenated alkanes) is 1. The molecular formula is C16H28N2O4. The maximum Gasteiger partial charge on any atom is 0.329 e. The fourth-order valence-electron chi connectivity index (χ4n) is 2.38. The lowest BCUT2D eigenvalue weighted by Gasteiger charge is -2.27. The van der Waals surface area contributed by atoms with Crippen molar-refractivity contribution in [3.63, 3.8) is 0 Å². The Kier molecular flexibility index (Phi) is 6.84. The summed E-state index contributed by atoms with van der Waals surface area (Å²) in [4.78, 5) is 37.4. The molecule has 1 heterocycles. The molecular weight excluding hydrogens is 284 g/mol. The number of amides is 2. The maximum absolute atomic E-state index is 12.2. The molecule has 1 unspecified atom stereocenters. The van der Waals surface area contributed by atoms with Crippen molar-refractivity contribution in [1.29, 1.82) is 0 Å². The zero-order chi connectivity index (χ0) is 16.8. The Balaban J connectivity index is 2.50. The number of carbonyl (C=O) groups excluding carboxylic acids is 3. The van der Waals surface area contributed by atoms with Crippen LogP contribution in [0.25, 0.3) is 0 Å². The third-order valence-corrected chi connectivity index (χ3v) is 3.45. The van der Waals surface area contributed by atoms with Crippen molar-refractivity contribution in [2.24, 2.45) is 0 Å². The summed E-state index contributed by atoms with van der Waals surface area (Å²) >= 11 is 0. The van der Waals surface area contributed by atoms with Crippen molar-refractivity contribution in [3.05, 3.63) is 0 Å². The first-order chi connectivity index (χ1) is 10.2. The number of esters is 1. The average Bonchev–Trinajstić information content (AvgIpc) is 2.90. The average molecular weight is 312 g/mol. The van der Waals surface area contributed by atoms with E-state index in [0.717, 1.165) is 19.3 Å². The minimum absolute atomic E-state index is 0.0537. The Hall–Kier alpha value is -1.59. The van der Waals surface area contributed by atoms with E-state index in [4.69, 9.17) is 4.74 Å². The second kappa shape index (κ2) is 8.15. The van der Waals surface area contributed by atoms with Crippen LogP contribution in [-0.4, -0.2) is 47.4 Å². The monoisotopic (exact) mass is 312 g/mol. The molecule has 0 bridgehead atoms. The molecule has 0 aliphatic carbocycles. The molecule has 0 aromatic carbocycles. The Morgan fingerprint density at radius 2 is 1.95 bits per heavy atom. The number of hydrogen-bond donors (Lipinski definition) is 1. The molecule has 0 radical (unpaired) electrons. The zero-order valence-electron chi connectivity index (χ0n) is 14.1. The lowest BCUT2D eigenvalue weighted by molar-refractivity contribution is -0.163. The smallest absolute Gasteiger partial charge is 0.329 e. The lowest BCUT2D eigenvalue weighted by atomic mass is 10.1. The van der Waals surface area contributed by atoms with Gasteiger partial charge in [-0.25, -0.2) is 4.79 Å². The molecule has 1 N–H and O–H groups in total. The van der Waals surface area contributed by atoms with E-state index in [2.05, 4.69) is 5.32 Å². The number of hydrogen-bond acceptors (Lipinski definition) is 4. The number of ether oxygens (including phenoxy) is 1. The van der Waals surface area contributed by atoms with Gasteiger partial charge in [-0.1, -0.05) is 13.3 Å². The summed E-state index contributed by atoms with van der Waals surface area (Å²) in [5.41, 5.74) is -0.567. The molecule has 0 aromatic rings. The summed E-state index contributed by atoms with van der Waals surface area (Å²) in [5, 5.41) is 2.62. The van der Waals surface area contributed by atoms with Crippen LogP contribution in [0.4, 0.5) is 0 Å². The van der Waals surface area contributed by atoms with Crippen molar-refractivity contribution in [2.45, 2.75) is 71.4 Å². The van der Waals surface area contributed by atoms with Gasteiger partial charge in [0, 0.05) is 13.0 Å². The predicted octanol–water partition coefficient (Wildman–Crippen LogP) is 1.63. The number of nitrogens with zero attached hydrogens (tertiary/aromatic N) is 1. The van der Waals surface area contributed by atoms with E-state index in [9.17, 15) is 14.4 Å². The summed E-state index contributed by atoms with van der Waals surface area (Å²) in [6.07, 6.45) is 3.57. The highest BCUT2D eigenvalue weighted by Crippen LogP contribution is 2.21. The molecule has 1 aliphatic heterocycles. The third kappa shape index (κ3) is 6.03. The van der Waals surface area contributed by atoms with Crippen molar-refractivity contribution >= 4 is 17.8 Å². The maximum atomic E-state index is 12.2. The molecule has 1 rings (SSSR count). The van der Waals surface area contributed by atoms with Gasteiger partial charge in [-0.3, -0.25) is 9.59 Å². The van der Waals surface area contributed by atoms with Crippen molar-refractivity contribution in [1.82, 2.24) is 10.2 Å². The number of likely N-dealkylation sites (tertiary alicyclic amines) is 1. The SMILES string of the molecule is CCCCC(=O)NCC(=O)N1CCCC1C(=O)OC(C)(C)C. The van der Waals surface area contributed by atoms with Gasteiger partial charge in [0.1, 0.15) is 11.6 Å². The van der Waals surface area contributed by atoms with E-state index in [1.165, 1.54) is 4.90 Å². The van der Waals surface area contributed by atoms with Gasteiger partial charge in [0.05, 0.1) is 6.54 Å². The summed E-state index contributed by atoms with van der Waals surface area (Å²) in [7, 11) is 0. The fourth-order valence-corrected chi connectivity index (χ4v) is 2.38. The van der Waals surface area contributed by atoms with Gasteiger partial charge in [0.2, 0.25) is 11.8 Å². The summed E-state index contributed by atoms with van der Waals surface area (Å²) in [6, 6.07) is -0.528. The van der Waals surface area contributed by atoms with Crippen molar-refractivity contribution in [2.75, 3.05) is 13.1 Å². The molecule has 0 aromatic heterocycles. The highest BCUT2D eigenvalue weighted by atomic mass is 16.6. The summed E-state index contributed by atoms with van der Waals surface area (Å²) < 4.78 is 5.36. The summed E-state index contributed by atoms with van der Waals surface area (Å²) in [6.45, 7) is 7.91. The van der Waals surface area contributed by atoms with Crippen LogP contribution in [0.3, 0.4) is 0 Å². The van der Waals surface area contributed by atoms with Crippen LogP contribution in [0.2, 0.25) is 0 Å². The quantitative estimate of drug-likeness (QED) is 0.756. The molecule has 1 fully saturated rings. The third-order valence-electron chi connectivity index (χ3n) is 3.45. The van der Waals surface area contributed by atoms with Crippen LogP contribution < -0.4 is 5.32 Å². The van der Waals surface area contributed by atoms with Gasteiger partial charge in [-0.05, 0) is 40.0 Å². The van der Waals surface area contributed by atoms with Crippen LogP contribution >= 0.6 is 0 Å². The first-order valence-electron chi connectivity index (χ1n) is 8.03. The van der Waals surface area contributed by atoms with E-state index in [-0.39, 0.29) is 24.3 Å². The zero-order valence-corrected chi connectivity index (χ0v) is 14.1. The van der Waals surface area contributed by atoms with Gasteiger partial charge in [0.25, 0.3) is 0 Å². The highest BCUT2D eigenvalue weighted by Gasteiger charge is 2.36. The first kappa shape index (κ1) is 18.5. The molecule has 1 saturated heterocycles. The van der Waals surface area contributed by atoms with Gasteiger partial charge < -0.3 is 15.0 Å². The largest absolute Gasteiger partial charge is 0.458 e. The van der Waals surface area contributed by atoms with Gasteiger partial charge >= 0.3 is 5.97 Å². The Morgan fingerprint density at radius 1 is 1.27 bits per heavy atom. The second-order valence-corrected chi connectivity index (χ2v) is 6.66. The van der Waals surface area contributed by atoms with Gasteiger partial charge in [0.15, 0.2) is 0 Å². The van der Waals surface area contributed by atoms with Crippen LogP contribution in [0, 0.1) is 0 Å². The number of rotatable bonds is 6. The normalized spacial score (nSPS) is 18.2. The van der Waals surface area contributed by atoms with Gasteiger partial charge in [-0.15, -0.1) is 0 Å². The molecule has 22 heavy (non-hydrogen) atoms. The highest BCUT2D eigenvalue weighted by molar-refractivity contribution is 5.88. The van der Waals surface area contributed by atoms with Gasteiger partial charge in [-0.2, -0.15) is 0 Å². The Morgan fingerprint density at radius 3 is 2.55 bits per heavy atom. The molecule has 6 nitrogen and oxygen atoms in total. The van der Waals surface area contributed by atoms with E-state index < -0.39 is 11.6 Å². The van der Waals surface area contributed by atoms with E-state index in [1.54, 1.807) is 20.8 Å². The molecule has 0 spiro atoms. The summed E-state index contributed by atoms with van der Waals surface area (Å²) in [5.74, 6) is -0.711. The molecule has 6 heteroatoms. The molecule has 1 atom stereocenters.